The van der Waals surface area contributed by atoms with Crippen LogP contribution in [0.25, 0.3) is 0 Å². The molecule has 1 aliphatic heterocycles. The summed E-state index contributed by atoms with van der Waals surface area (Å²) < 4.78 is 5.08. The number of benzene rings is 1. The number of unbranched alkanes of at least 4 members (excludes halogenated alkanes) is 7. The fourth-order valence-corrected chi connectivity index (χ4v) is 3.89. The molecule has 1 aromatic heterocycles. The third kappa shape index (κ3) is 9.03. The first-order chi connectivity index (χ1) is 16.1. The Balaban J connectivity index is 0.000000268. The molecule has 0 amide bonds. The van der Waals surface area contributed by atoms with Crippen molar-refractivity contribution >= 4 is 17.6 Å². The highest BCUT2D eigenvalue weighted by Gasteiger charge is 2.30. The molecule has 0 saturated carbocycles. The predicted octanol–water partition coefficient (Wildman–Crippen LogP) is 6.08. The number of rotatable bonds is 12. The third-order valence-electron chi connectivity index (χ3n) is 5.58. The maximum Gasteiger partial charge on any atom is 0.314 e. The number of carbonyl (C=O) groups is 1. The van der Waals surface area contributed by atoms with Gasteiger partial charge in [0.15, 0.2) is 0 Å². The van der Waals surface area contributed by atoms with Crippen LogP contribution in [0.3, 0.4) is 0 Å². The first-order valence-corrected chi connectivity index (χ1v) is 12.1. The van der Waals surface area contributed by atoms with E-state index in [-0.39, 0.29) is 6.61 Å². The summed E-state index contributed by atoms with van der Waals surface area (Å²) in [5.41, 5.74) is 2.24. The number of nitriles is 1. The second kappa shape index (κ2) is 15.3. The van der Waals surface area contributed by atoms with Crippen LogP contribution in [-0.4, -0.2) is 29.2 Å². The molecule has 3 rings (SSSR count). The molecular weight excluding hydrogens is 438 g/mol. The monoisotopic (exact) mass is 471 g/mol. The molecular formula is C26H34ClN3O3. The zero-order valence-corrected chi connectivity index (χ0v) is 20.1. The van der Waals surface area contributed by atoms with Crippen molar-refractivity contribution in [3.8, 4) is 11.9 Å². The fraction of sp³-hybridized carbons (Fsp3) is 0.500. The Hall–Kier alpha value is -2.62. The van der Waals surface area contributed by atoms with Crippen LogP contribution in [0.1, 0.15) is 80.9 Å². The highest BCUT2D eigenvalue weighted by Crippen LogP contribution is 2.31. The van der Waals surface area contributed by atoms with Gasteiger partial charge in [0.2, 0.25) is 5.88 Å². The summed E-state index contributed by atoms with van der Waals surface area (Å²) in [4.78, 5) is 14.6. The SMILES string of the molecule is CCCCCCCCCCNCc1cccc(C#N)c1Cl.O=C(O)C1COc2ncccc21. The number of halogens is 1. The second-order valence-electron chi connectivity index (χ2n) is 8.14. The van der Waals surface area contributed by atoms with E-state index in [1.54, 1.807) is 24.4 Å². The van der Waals surface area contributed by atoms with Gasteiger partial charge in [-0.2, -0.15) is 5.26 Å². The first-order valence-electron chi connectivity index (χ1n) is 11.8. The quantitative estimate of drug-likeness (QED) is 0.364. The van der Waals surface area contributed by atoms with E-state index in [1.165, 1.54) is 51.4 Å². The number of hydrogen-bond acceptors (Lipinski definition) is 5. The molecule has 1 unspecified atom stereocenters. The second-order valence-corrected chi connectivity index (χ2v) is 8.52. The molecule has 1 aromatic carbocycles. The average Bonchev–Trinajstić information content (AvgIpc) is 3.26. The Morgan fingerprint density at radius 1 is 1.18 bits per heavy atom. The minimum atomic E-state index is -0.859. The summed E-state index contributed by atoms with van der Waals surface area (Å²) in [5.74, 6) is -0.958. The van der Waals surface area contributed by atoms with Gasteiger partial charge in [0.1, 0.15) is 18.6 Å². The number of pyridine rings is 1. The number of fused-ring (bicyclic) bond motifs is 1. The number of hydrogen-bond donors (Lipinski definition) is 2. The molecule has 7 heteroatoms. The van der Waals surface area contributed by atoms with Crippen LogP contribution >= 0.6 is 11.6 Å². The van der Waals surface area contributed by atoms with E-state index in [1.807, 2.05) is 12.1 Å². The predicted molar refractivity (Wildman–Crippen MR) is 131 cm³/mol. The first kappa shape index (κ1) is 26.6. The summed E-state index contributed by atoms with van der Waals surface area (Å²) >= 11 is 6.17. The number of ether oxygens (including phenoxy) is 1. The van der Waals surface area contributed by atoms with Crippen molar-refractivity contribution in [2.24, 2.45) is 0 Å². The van der Waals surface area contributed by atoms with Gasteiger partial charge in [0, 0.05) is 18.3 Å². The van der Waals surface area contributed by atoms with Gasteiger partial charge >= 0.3 is 5.97 Å². The lowest BCUT2D eigenvalue weighted by Crippen LogP contribution is -2.15. The van der Waals surface area contributed by atoms with Gasteiger partial charge < -0.3 is 15.2 Å². The zero-order valence-electron chi connectivity index (χ0n) is 19.4. The number of aliphatic carboxylic acids is 1. The number of nitrogens with zero attached hydrogens (tertiary/aromatic N) is 2. The molecule has 0 aliphatic carbocycles. The van der Waals surface area contributed by atoms with Crippen molar-refractivity contribution in [3.63, 3.8) is 0 Å². The van der Waals surface area contributed by atoms with Crippen molar-refractivity contribution in [3.05, 3.63) is 58.2 Å². The van der Waals surface area contributed by atoms with Gasteiger partial charge in [-0.15, -0.1) is 0 Å². The Morgan fingerprint density at radius 2 is 1.91 bits per heavy atom. The Morgan fingerprint density at radius 3 is 2.61 bits per heavy atom. The lowest BCUT2D eigenvalue weighted by molar-refractivity contribution is -0.138. The number of aromatic nitrogens is 1. The summed E-state index contributed by atoms with van der Waals surface area (Å²) in [6.45, 7) is 4.21. The number of carboxylic acids is 1. The van der Waals surface area contributed by atoms with Crippen molar-refractivity contribution in [1.82, 2.24) is 10.3 Å². The summed E-state index contributed by atoms with van der Waals surface area (Å²) in [7, 11) is 0. The van der Waals surface area contributed by atoms with Gasteiger partial charge in [0.05, 0.1) is 10.6 Å². The van der Waals surface area contributed by atoms with Crippen LogP contribution in [0.15, 0.2) is 36.5 Å². The van der Waals surface area contributed by atoms with E-state index in [2.05, 4.69) is 23.3 Å². The lowest BCUT2D eigenvalue weighted by atomic mass is 10.0. The van der Waals surface area contributed by atoms with Crippen molar-refractivity contribution in [1.29, 1.82) is 5.26 Å². The molecule has 6 nitrogen and oxygen atoms in total. The molecule has 0 bridgehead atoms. The number of carboxylic acid groups (broad SMARTS) is 1. The van der Waals surface area contributed by atoms with E-state index in [0.717, 1.165) is 18.7 Å². The van der Waals surface area contributed by atoms with Crippen LogP contribution in [0.5, 0.6) is 5.88 Å². The van der Waals surface area contributed by atoms with Gasteiger partial charge in [0.25, 0.3) is 0 Å². The van der Waals surface area contributed by atoms with Crippen molar-refractivity contribution in [2.45, 2.75) is 70.8 Å². The molecule has 2 aromatic rings. The molecule has 2 N–H and O–H groups in total. The Labute approximate surface area is 201 Å². The molecule has 1 aliphatic rings. The van der Waals surface area contributed by atoms with Crippen molar-refractivity contribution < 1.29 is 14.6 Å². The summed E-state index contributed by atoms with van der Waals surface area (Å²) in [6, 6.07) is 11.2. The minimum absolute atomic E-state index is 0.196. The van der Waals surface area contributed by atoms with Crippen molar-refractivity contribution in [2.75, 3.05) is 13.2 Å². The number of nitrogens with one attached hydrogen (secondary N) is 1. The molecule has 0 fully saturated rings. The third-order valence-corrected chi connectivity index (χ3v) is 6.03. The highest BCUT2D eigenvalue weighted by atomic mass is 35.5. The van der Waals surface area contributed by atoms with Gasteiger partial charge in [-0.05, 0) is 30.7 Å². The largest absolute Gasteiger partial charge is 0.481 e. The summed E-state index contributed by atoms with van der Waals surface area (Å²) in [6.07, 6.45) is 12.3. The molecule has 178 valence electrons. The van der Waals surface area contributed by atoms with Crippen LogP contribution in [0, 0.1) is 11.3 Å². The molecule has 2 heterocycles. The topological polar surface area (TPSA) is 95.2 Å². The van der Waals surface area contributed by atoms with Gasteiger partial charge in [-0.3, -0.25) is 4.79 Å². The van der Waals surface area contributed by atoms with E-state index >= 15 is 0 Å². The normalized spacial score (nSPS) is 13.9. The zero-order chi connectivity index (χ0) is 23.9. The average molecular weight is 472 g/mol. The highest BCUT2D eigenvalue weighted by molar-refractivity contribution is 6.32. The molecule has 0 radical (unpaired) electrons. The van der Waals surface area contributed by atoms with Crippen LogP contribution in [0.2, 0.25) is 5.02 Å². The van der Waals surface area contributed by atoms with Crippen LogP contribution < -0.4 is 10.1 Å². The lowest BCUT2D eigenvalue weighted by Gasteiger charge is -2.07. The molecule has 0 spiro atoms. The smallest absolute Gasteiger partial charge is 0.314 e. The Bertz CT molecular complexity index is 914. The molecule has 33 heavy (non-hydrogen) atoms. The van der Waals surface area contributed by atoms with E-state index < -0.39 is 11.9 Å². The van der Waals surface area contributed by atoms with Crippen LogP contribution in [0.4, 0.5) is 0 Å². The van der Waals surface area contributed by atoms with E-state index in [9.17, 15) is 4.79 Å². The molecule has 1 atom stereocenters. The van der Waals surface area contributed by atoms with Crippen LogP contribution in [-0.2, 0) is 11.3 Å². The standard InChI is InChI=1S/C18H27ClN2.C8H7NO3/c1-2-3-4-5-6-7-8-9-13-21-15-17-12-10-11-16(14-20)18(17)19;10-8(11)6-4-12-7-5(6)2-1-3-9-7/h10-12,21H,2-9,13,15H2,1H3;1-3,6H,4H2,(H,10,11). The fourth-order valence-electron chi connectivity index (χ4n) is 3.66. The Kier molecular flexibility index (Phi) is 12.3. The van der Waals surface area contributed by atoms with E-state index in [4.69, 9.17) is 26.7 Å². The maximum absolute atomic E-state index is 10.7. The van der Waals surface area contributed by atoms with E-state index in [0.29, 0.717) is 22.0 Å². The maximum atomic E-state index is 10.7. The molecule has 0 saturated heterocycles. The minimum Gasteiger partial charge on any atom is -0.481 e. The van der Waals surface area contributed by atoms with Gasteiger partial charge in [-0.1, -0.05) is 81.7 Å². The summed E-state index contributed by atoms with van der Waals surface area (Å²) in [5, 5.41) is 21.7. The van der Waals surface area contributed by atoms with Gasteiger partial charge in [-0.25, -0.2) is 4.98 Å².